The number of hydrogen-bond donors (Lipinski definition) is 0. The van der Waals surface area contributed by atoms with Gasteiger partial charge in [0, 0.05) is 32.7 Å². The molecule has 2 rings (SSSR count). The number of carbonyl (C=O) groups is 1. The van der Waals surface area contributed by atoms with E-state index < -0.39 is 0 Å². The highest BCUT2D eigenvalue weighted by molar-refractivity contribution is 5.75. The van der Waals surface area contributed by atoms with Crippen LogP contribution in [0.25, 0.3) is 0 Å². The molecule has 0 aromatic rings. The van der Waals surface area contributed by atoms with E-state index in [-0.39, 0.29) is 0 Å². The fourth-order valence-corrected chi connectivity index (χ4v) is 3.30. The summed E-state index contributed by atoms with van der Waals surface area (Å²) in [6.45, 7) is 11.4. The lowest BCUT2D eigenvalue weighted by atomic mass is 9.97. The number of rotatable bonds is 6. The maximum atomic E-state index is 11.6. The van der Waals surface area contributed by atoms with Crippen LogP contribution >= 0.6 is 0 Å². The first kappa shape index (κ1) is 16.8. The predicted octanol–water partition coefficient (Wildman–Crippen LogP) is 2.38. The second-order valence-corrected chi connectivity index (χ2v) is 6.78. The van der Waals surface area contributed by atoms with E-state index in [1.807, 2.05) is 11.8 Å². The van der Waals surface area contributed by atoms with E-state index >= 15 is 0 Å². The minimum atomic E-state index is 0.300. The van der Waals surface area contributed by atoms with E-state index in [4.69, 9.17) is 4.74 Å². The molecule has 0 saturated carbocycles. The van der Waals surface area contributed by atoms with Gasteiger partial charge in [-0.3, -0.25) is 4.79 Å². The molecule has 0 unspecified atom stereocenters. The van der Waals surface area contributed by atoms with Crippen LogP contribution in [0.2, 0.25) is 0 Å². The summed E-state index contributed by atoms with van der Waals surface area (Å²) in [5.41, 5.74) is 0. The molecule has 0 atom stereocenters. The molecule has 2 heterocycles. The second kappa shape index (κ2) is 8.74. The fraction of sp³-hybridized carbons (Fsp3) is 0.941. The highest BCUT2D eigenvalue weighted by Gasteiger charge is 2.22. The number of ether oxygens (including phenoxy) is 1. The van der Waals surface area contributed by atoms with Crippen LogP contribution in [0.5, 0.6) is 0 Å². The first-order valence-electron chi connectivity index (χ1n) is 8.77. The number of amides is 1. The lowest BCUT2D eigenvalue weighted by Gasteiger charge is -2.32. The van der Waals surface area contributed by atoms with Crippen molar-refractivity contribution in [1.29, 1.82) is 0 Å². The molecule has 0 N–H and O–H groups in total. The molecule has 0 bridgehead atoms. The van der Waals surface area contributed by atoms with E-state index in [1.165, 1.54) is 25.9 Å². The Bertz CT molecular complexity index is 306. The van der Waals surface area contributed by atoms with Gasteiger partial charge in [-0.05, 0) is 50.6 Å². The number of piperidine rings is 2. The minimum absolute atomic E-state index is 0.300. The third-order valence-electron chi connectivity index (χ3n) is 5.05. The molecule has 4 heteroatoms. The summed E-state index contributed by atoms with van der Waals surface area (Å²) in [5.74, 6) is 1.85. The Balaban J connectivity index is 1.51. The third-order valence-corrected chi connectivity index (χ3v) is 5.05. The van der Waals surface area contributed by atoms with Crippen molar-refractivity contribution in [1.82, 2.24) is 9.80 Å². The molecule has 122 valence electrons. The Labute approximate surface area is 129 Å². The zero-order chi connectivity index (χ0) is 15.1. The molecule has 21 heavy (non-hydrogen) atoms. The highest BCUT2D eigenvalue weighted by atomic mass is 16.5. The van der Waals surface area contributed by atoms with Gasteiger partial charge in [-0.25, -0.2) is 0 Å². The zero-order valence-electron chi connectivity index (χ0n) is 13.9. The van der Waals surface area contributed by atoms with Gasteiger partial charge >= 0.3 is 0 Å². The molecule has 1 amide bonds. The summed E-state index contributed by atoms with van der Waals surface area (Å²) < 4.78 is 5.88. The summed E-state index contributed by atoms with van der Waals surface area (Å²) in [7, 11) is 0. The Kier molecular flexibility index (Phi) is 6.97. The molecule has 2 aliphatic heterocycles. The zero-order valence-corrected chi connectivity index (χ0v) is 13.9. The molecule has 2 fully saturated rings. The predicted molar refractivity (Wildman–Crippen MR) is 85.3 cm³/mol. The molecule has 0 aromatic carbocycles. The number of likely N-dealkylation sites (tertiary alicyclic amines) is 2. The monoisotopic (exact) mass is 296 g/mol. The van der Waals surface area contributed by atoms with Crippen LogP contribution in [0.3, 0.4) is 0 Å². The highest BCUT2D eigenvalue weighted by Crippen LogP contribution is 2.18. The van der Waals surface area contributed by atoms with Gasteiger partial charge in [-0.2, -0.15) is 0 Å². The van der Waals surface area contributed by atoms with Crippen LogP contribution in [0.4, 0.5) is 0 Å². The van der Waals surface area contributed by atoms with Crippen molar-refractivity contribution in [3.05, 3.63) is 0 Å². The van der Waals surface area contributed by atoms with Gasteiger partial charge < -0.3 is 14.5 Å². The van der Waals surface area contributed by atoms with E-state index in [2.05, 4.69) is 11.8 Å². The third kappa shape index (κ3) is 5.59. The summed E-state index contributed by atoms with van der Waals surface area (Å²) in [6, 6.07) is 0. The van der Waals surface area contributed by atoms with Crippen molar-refractivity contribution in [2.75, 3.05) is 45.9 Å². The summed E-state index contributed by atoms with van der Waals surface area (Å²) in [6.07, 6.45) is 5.52. The summed E-state index contributed by atoms with van der Waals surface area (Å²) in [4.78, 5) is 16.2. The van der Waals surface area contributed by atoms with Crippen LogP contribution in [0.15, 0.2) is 0 Å². The average Bonchev–Trinajstić information content (AvgIpc) is 2.53. The first-order chi connectivity index (χ1) is 10.2. The smallest absolute Gasteiger partial charge is 0.222 e. The molecule has 2 saturated heterocycles. The summed E-state index contributed by atoms with van der Waals surface area (Å²) in [5, 5.41) is 0. The Morgan fingerprint density at radius 1 is 1.10 bits per heavy atom. The minimum Gasteiger partial charge on any atom is -0.380 e. The van der Waals surface area contributed by atoms with Gasteiger partial charge in [0.15, 0.2) is 0 Å². The maximum Gasteiger partial charge on any atom is 0.222 e. The van der Waals surface area contributed by atoms with E-state index in [0.29, 0.717) is 18.2 Å². The average molecular weight is 296 g/mol. The quantitative estimate of drug-likeness (QED) is 0.706. The van der Waals surface area contributed by atoms with Crippen molar-refractivity contribution in [2.24, 2.45) is 11.8 Å². The van der Waals surface area contributed by atoms with Crippen LogP contribution in [0.1, 0.15) is 46.0 Å². The van der Waals surface area contributed by atoms with Gasteiger partial charge in [-0.15, -0.1) is 0 Å². The Morgan fingerprint density at radius 2 is 1.76 bits per heavy atom. The normalized spacial score (nSPS) is 22.7. The van der Waals surface area contributed by atoms with Gasteiger partial charge in [0.25, 0.3) is 0 Å². The van der Waals surface area contributed by atoms with Gasteiger partial charge in [-0.1, -0.05) is 13.8 Å². The molecule has 0 aromatic heterocycles. The molecular formula is C17H32N2O2. The van der Waals surface area contributed by atoms with Gasteiger partial charge in [0.2, 0.25) is 5.91 Å². The van der Waals surface area contributed by atoms with Crippen molar-refractivity contribution in [2.45, 2.75) is 46.0 Å². The van der Waals surface area contributed by atoms with Crippen molar-refractivity contribution < 1.29 is 9.53 Å². The maximum absolute atomic E-state index is 11.6. The number of nitrogens with zero attached hydrogens (tertiary/aromatic N) is 2. The van der Waals surface area contributed by atoms with Crippen LogP contribution in [-0.4, -0.2) is 61.6 Å². The summed E-state index contributed by atoms with van der Waals surface area (Å²) >= 11 is 0. The molecule has 0 radical (unpaired) electrons. The standard InChI is InChI=1S/C17H32N2O2/c1-3-17(20)19-10-6-16(7-11-19)14-21-13-12-18-8-4-15(2)5-9-18/h15-16H,3-14H2,1-2H3. The largest absolute Gasteiger partial charge is 0.380 e. The molecule has 0 aliphatic carbocycles. The second-order valence-electron chi connectivity index (χ2n) is 6.78. The molecular weight excluding hydrogens is 264 g/mol. The van der Waals surface area contributed by atoms with Crippen LogP contribution in [0, 0.1) is 11.8 Å². The van der Waals surface area contributed by atoms with E-state index in [9.17, 15) is 4.79 Å². The first-order valence-corrected chi connectivity index (χ1v) is 8.77. The SMILES string of the molecule is CCC(=O)N1CCC(COCCN2CCC(C)CC2)CC1. The van der Waals surface area contributed by atoms with Gasteiger partial charge in [0.05, 0.1) is 6.61 Å². The number of carbonyl (C=O) groups excluding carboxylic acids is 1. The van der Waals surface area contributed by atoms with Crippen molar-refractivity contribution in [3.8, 4) is 0 Å². The van der Waals surface area contributed by atoms with Crippen molar-refractivity contribution in [3.63, 3.8) is 0 Å². The fourth-order valence-electron chi connectivity index (χ4n) is 3.30. The molecule has 2 aliphatic rings. The Morgan fingerprint density at radius 3 is 2.38 bits per heavy atom. The lowest BCUT2D eigenvalue weighted by molar-refractivity contribution is -0.132. The topological polar surface area (TPSA) is 32.8 Å². The van der Waals surface area contributed by atoms with E-state index in [1.54, 1.807) is 0 Å². The lowest BCUT2D eigenvalue weighted by Crippen LogP contribution is -2.39. The van der Waals surface area contributed by atoms with E-state index in [0.717, 1.165) is 51.6 Å². The molecule has 0 spiro atoms. The van der Waals surface area contributed by atoms with Gasteiger partial charge in [0.1, 0.15) is 0 Å². The van der Waals surface area contributed by atoms with Crippen LogP contribution < -0.4 is 0 Å². The molecule has 4 nitrogen and oxygen atoms in total. The van der Waals surface area contributed by atoms with Crippen molar-refractivity contribution >= 4 is 5.91 Å². The Hall–Kier alpha value is -0.610. The number of hydrogen-bond acceptors (Lipinski definition) is 3. The van der Waals surface area contributed by atoms with Crippen LogP contribution in [-0.2, 0) is 9.53 Å².